The first kappa shape index (κ1) is 16.2. The molecular weight excluding hydrogens is 330 g/mol. The molecule has 0 unspecified atom stereocenters. The number of aromatic nitrogens is 6. The molecular formula is C18H19N7O. The van der Waals surface area contributed by atoms with Crippen LogP contribution in [0.5, 0.6) is 0 Å². The molecule has 0 amide bonds. The molecule has 3 heterocycles. The van der Waals surface area contributed by atoms with E-state index in [9.17, 15) is 0 Å². The van der Waals surface area contributed by atoms with Gasteiger partial charge in [0.15, 0.2) is 17.0 Å². The standard InChI is InChI=1S/C18H19N7O/c1-4-12-5-7-13(8-6-12)16-22-14(26-23-16)9-25-11-21-15-17(24(2)3)19-10-20-18(15)25/h5-8,10-11H,4,9H2,1-3H3. The summed E-state index contributed by atoms with van der Waals surface area (Å²) in [6.45, 7) is 2.53. The lowest BCUT2D eigenvalue weighted by molar-refractivity contribution is 0.372. The van der Waals surface area contributed by atoms with Crippen LogP contribution in [-0.4, -0.2) is 43.8 Å². The first-order valence-electron chi connectivity index (χ1n) is 8.40. The highest BCUT2D eigenvalue weighted by Crippen LogP contribution is 2.21. The van der Waals surface area contributed by atoms with E-state index in [1.54, 1.807) is 6.33 Å². The summed E-state index contributed by atoms with van der Waals surface area (Å²) in [7, 11) is 3.85. The van der Waals surface area contributed by atoms with Crippen molar-refractivity contribution in [3.63, 3.8) is 0 Å². The summed E-state index contributed by atoms with van der Waals surface area (Å²) >= 11 is 0. The van der Waals surface area contributed by atoms with E-state index in [0.717, 1.165) is 29.0 Å². The van der Waals surface area contributed by atoms with Crippen LogP contribution in [0.2, 0.25) is 0 Å². The van der Waals surface area contributed by atoms with Gasteiger partial charge in [0.05, 0.1) is 6.33 Å². The quantitative estimate of drug-likeness (QED) is 0.547. The second-order valence-electron chi connectivity index (χ2n) is 6.20. The molecule has 0 aliphatic carbocycles. The summed E-state index contributed by atoms with van der Waals surface area (Å²) in [5, 5.41) is 4.09. The zero-order chi connectivity index (χ0) is 18.1. The van der Waals surface area contributed by atoms with Gasteiger partial charge in [-0.15, -0.1) is 0 Å². The maximum Gasteiger partial charge on any atom is 0.247 e. The number of imidazole rings is 1. The van der Waals surface area contributed by atoms with Crippen LogP contribution in [0.15, 0.2) is 41.4 Å². The lowest BCUT2D eigenvalue weighted by Crippen LogP contribution is -2.11. The molecule has 8 heteroatoms. The Labute approximate surface area is 150 Å². The predicted octanol–water partition coefficient (Wildman–Crippen LogP) is 2.55. The Morgan fingerprint density at radius 2 is 1.88 bits per heavy atom. The van der Waals surface area contributed by atoms with Crippen LogP contribution < -0.4 is 4.90 Å². The molecule has 8 nitrogen and oxygen atoms in total. The van der Waals surface area contributed by atoms with Crippen LogP contribution in [0.1, 0.15) is 18.4 Å². The lowest BCUT2D eigenvalue weighted by atomic mass is 10.1. The van der Waals surface area contributed by atoms with Gasteiger partial charge in [0.25, 0.3) is 0 Å². The second-order valence-corrected chi connectivity index (χ2v) is 6.20. The summed E-state index contributed by atoms with van der Waals surface area (Å²) < 4.78 is 7.29. The topological polar surface area (TPSA) is 85.8 Å². The molecule has 26 heavy (non-hydrogen) atoms. The number of anilines is 1. The summed E-state index contributed by atoms with van der Waals surface area (Å²) in [4.78, 5) is 19.4. The van der Waals surface area contributed by atoms with Crippen LogP contribution in [0.25, 0.3) is 22.6 Å². The van der Waals surface area contributed by atoms with Crippen molar-refractivity contribution in [3.05, 3.63) is 48.4 Å². The summed E-state index contributed by atoms with van der Waals surface area (Å²) in [5.74, 6) is 1.86. The monoisotopic (exact) mass is 349 g/mol. The highest BCUT2D eigenvalue weighted by molar-refractivity contribution is 5.83. The zero-order valence-corrected chi connectivity index (χ0v) is 14.9. The molecule has 0 saturated carbocycles. The van der Waals surface area contributed by atoms with Crippen molar-refractivity contribution < 1.29 is 4.52 Å². The van der Waals surface area contributed by atoms with Crippen LogP contribution in [0.4, 0.5) is 5.82 Å². The van der Waals surface area contributed by atoms with Crippen LogP contribution in [0.3, 0.4) is 0 Å². The summed E-state index contributed by atoms with van der Waals surface area (Å²) in [6.07, 6.45) is 4.25. The second kappa shape index (κ2) is 6.55. The van der Waals surface area contributed by atoms with Crippen molar-refractivity contribution in [2.75, 3.05) is 19.0 Å². The number of hydrogen-bond acceptors (Lipinski definition) is 7. The fourth-order valence-electron chi connectivity index (χ4n) is 2.78. The summed E-state index contributed by atoms with van der Waals surface area (Å²) in [6, 6.07) is 8.18. The van der Waals surface area contributed by atoms with Gasteiger partial charge >= 0.3 is 0 Å². The molecule has 0 saturated heterocycles. The van der Waals surface area contributed by atoms with E-state index < -0.39 is 0 Å². The van der Waals surface area contributed by atoms with E-state index in [1.165, 1.54) is 11.9 Å². The Kier molecular flexibility index (Phi) is 4.08. The maximum absolute atomic E-state index is 5.41. The predicted molar refractivity (Wildman–Crippen MR) is 97.9 cm³/mol. The van der Waals surface area contributed by atoms with Gasteiger partial charge in [0, 0.05) is 19.7 Å². The average Bonchev–Trinajstić information content (AvgIpc) is 3.29. The molecule has 0 atom stereocenters. The van der Waals surface area contributed by atoms with Crippen molar-refractivity contribution in [2.24, 2.45) is 0 Å². The van der Waals surface area contributed by atoms with Crippen molar-refractivity contribution in [3.8, 4) is 11.4 Å². The smallest absolute Gasteiger partial charge is 0.247 e. The van der Waals surface area contributed by atoms with Gasteiger partial charge in [0.2, 0.25) is 11.7 Å². The fourth-order valence-corrected chi connectivity index (χ4v) is 2.78. The number of fused-ring (bicyclic) bond motifs is 1. The van der Waals surface area contributed by atoms with Gasteiger partial charge in [-0.25, -0.2) is 15.0 Å². The molecule has 4 rings (SSSR count). The molecule has 0 radical (unpaired) electrons. The lowest BCUT2D eigenvalue weighted by Gasteiger charge is -2.10. The van der Waals surface area contributed by atoms with Crippen molar-refractivity contribution in [1.82, 2.24) is 29.7 Å². The number of rotatable bonds is 5. The zero-order valence-electron chi connectivity index (χ0n) is 14.9. The largest absolute Gasteiger partial charge is 0.361 e. The minimum absolute atomic E-state index is 0.403. The van der Waals surface area contributed by atoms with Gasteiger partial charge in [-0.05, 0) is 12.0 Å². The van der Waals surface area contributed by atoms with Gasteiger partial charge in [-0.3, -0.25) is 0 Å². The molecule has 0 spiro atoms. The molecule has 0 aliphatic heterocycles. The fraction of sp³-hybridized carbons (Fsp3) is 0.278. The molecule has 4 aromatic rings. The summed E-state index contributed by atoms with van der Waals surface area (Å²) in [5.41, 5.74) is 3.69. The van der Waals surface area contributed by atoms with E-state index >= 15 is 0 Å². The Bertz CT molecular complexity index is 1030. The highest BCUT2D eigenvalue weighted by Gasteiger charge is 2.14. The number of nitrogens with zero attached hydrogens (tertiary/aromatic N) is 7. The van der Waals surface area contributed by atoms with Gasteiger partial charge in [-0.1, -0.05) is 36.3 Å². The van der Waals surface area contributed by atoms with E-state index in [4.69, 9.17) is 4.52 Å². The van der Waals surface area contributed by atoms with Crippen molar-refractivity contribution in [1.29, 1.82) is 0 Å². The first-order chi connectivity index (χ1) is 12.7. The minimum Gasteiger partial charge on any atom is -0.361 e. The molecule has 0 fully saturated rings. The number of benzene rings is 1. The van der Waals surface area contributed by atoms with Gasteiger partial charge < -0.3 is 14.0 Å². The number of aryl methyl sites for hydroxylation is 1. The third kappa shape index (κ3) is 2.90. The average molecular weight is 349 g/mol. The molecule has 132 valence electrons. The van der Waals surface area contributed by atoms with E-state index in [1.807, 2.05) is 35.7 Å². The normalized spacial score (nSPS) is 11.2. The van der Waals surface area contributed by atoms with E-state index in [0.29, 0.717) is 18.3 Å². The molecule has 1 aromatic carbocycles. The highest BCUT2D eigenvalue weighted by atomic mass is 16.5. The third-order valence-electron chi connectivity index (χ3n) is 4.20. The van der Waals surface area contributed by atoms with Crippen molar-refractivity contribution in [2.45, 2.75) is 19.9 Å². The first-order valence-corrected chi connectivity index (χ1v) is 8.40. The molecule has 0 bridgehead atoms. The van der Waals surface area contributed by atoms with Crippen molar-refractivity contribution >= 4 is 17.0 Å². The van der Waals surface area contributed by atoms with Crippen LogP contribution in [0, 0.1) is 0 Å². The van der Waals surface area contributed by atoms with Crippen LogP contribution >= 0.6 is 0 Å². The Hall–Kier alpha value is -3.29. The Morgan fingerprint density at radius 1 is 1.08 bits per heavy atom. The van der Waals surface area contributed by atoms with Crippen LogP contribution in [-0.2, 0) is 13.0 Å². The Morgan fingerprint density at radius 3 is 2.62 bits per heavy atom. The molecule has 0 aliphatic rings. The minimum atomic E-state index is 0.403. The van der Waals surface area contributed by atoms with Gasteiger partial charge in [-0.2, -0.15) is 4.98 Å². The Balaban J connectivity index is 1.61. The third-order valence-corrected chi connectivity index (χ3v) is 4.20. The SMILES string of the molecule is CCc1ccc(-c2noc(Cn3cnc4c(N(C)C)ncnc43)n2)cc1. The molecule has 3 aromatic heterocycles. The number of hydrogen-bond donors (Lipinski definition) is 0. The van der Waals surface area contributed by atoms with Gasteiger partial charge in [0.1, 0.15) is 12.9 Å². The maximum atomic E-state index is 5.41. The van der Waals surface area contributed by atoms with E-state index in [2.05, 4.69) is 44.1 Å². The molecule has 0 N–H and O–H groups in total. The van der Waals surface area contributed by atoms with E-state index in [-0.39, 0.29) is 0 Å².